The van der Waals surface area contributed by atoms with Crippen molar-refractivity contribution >= 4 is 51.4 Å². The molecule has 4 N–H and O–H groups in total. The fourth-order valence-corrected chi connectivity index (χ4v) is 13.7. The van der Waals surface area contributed by atoms with Gasteiger partial charge in [-0.3, -0.25) is 43.6 Å². The molecule has 1 heterocycles. The summed E-state index contributed by atoms with van der Waals surface area (Å²) in [6.45, 7) is 28.1. The van der Waals surface area contributed by atoms with Gasteiger partial charge in [-0.1, -0.05) is 180 Å². The van der Waals surface area contributed by atoms with E-state index in [-0.39, 0.29) is 36.3 Å². The zero-order chi connectivity index (χ0) is 69.2. The molecule has 0 aromatic rings. The van der Waals surface area contributed by atoms with E-state index in [4.69, 9.17) is 23.7 Å². The fraction of sp³-hybridized carbons (Fsp3) is 0.932. The molecule has 20 heteroatoms. The molecule has 0 saturated carbocycles. The van der Waals surface area contributed by atoms with E-state index in [1.807, 2.05) is 21.6 Å². The predicted octanol–water partition coefficient (Wildman–Crippen LogP) is 13.6. The first-order valence-corrected chi connectivity index (χ1v) is 40.5. The van der Waals surface area contributed by atoms with Gasteiger partial charge in [0, 0.05) is 109 Å². The standard InChI is InChI=1S/C74H142N4O14S2/c1-9-64(10-2)60-91-73(86)38-27-19-15-23-34-68(81)58-78(59-69(82)35-24-16-20-28-39-74(87)92-61-65(11-3)12-4)44-31-40-72(85)90-53-49-75-45-47-76(48-46-75)50-55-94-93-54-30-29-43-77(56-66(79)32-21-13-17-25-36-70(83)88-51-41-62(5)6)57-67(80)33-22-14-18-26-37-71(84)89-52-42-63(7)8/h62-69,79-82H,9-61H2,1-8H3. The quantitative estimate of drug-likeness (QED) is 0.0192. The number of carbonyl (C=O) groups is 5. The van der Waals surface area contributed by atoms with Crippen molar-refractivity contribution < 1.29 is 68.1 Å². The molecule has 18 nitrogen and oxygen atoms in total. The Morgan fingerprint density at radius 3 is 1.03 bits per heavy atom. The maximum atomic E-state index is 13.0. The maximum Gasteiger partial charge on any atom is 0.305 e. The largest absolute Gasteiger partial charge is 0.466 e. The van der Waals surface area contributed by atoms with Gasteiger partial charge in [0.2, 0.25) is 0 Å². The average molecular weight is 1380 g/mol. The van der Waals surface area contributed by atoms with Crippen LogP contribution in [0.1, 0.15) is 274 Å². The smallest absolute Gasteiger partial charge is 0.305 e. The van der Waals surface area contributed by atoms with Crippen molar-refractivity contribution in [3.8, 4) is 0 Å². The van der Waals surface area contributed by atoms with Gasteiger partial charge < -0.3 is 44.1 Å². The van der Waals surface area contributed by atoms with Gasteiger partial charge in [-0.05, 0) is 120 Å². The minimum Gasteiger partial charge on any atom is -0.466 e. The van der Waals surface area contributed by atoms with Crippen LogP contribution < -0.4 is 0 Å². The van der Waals surface area contributed by atoms with Crippen LogP contribution in [0.2, 0.25) is 0 Å². The predicted molar refractivity (Wildman–Crippen MR) is 386 cm³/mol. The molecule has 0 aromatic carbocycles. The maximum absolute atomic E-state index is 13.0. The number of piperazine rings is 1. The first-order chi connectivity index (χ1) is 45.3. The monoisotopic (exact) mass is 1370 g/mol. The Bertz CT molecular complexity index is 1720. The van der Waals surface area contributed by atoms with Crippen LogP contribution in [0.15, 0.2) is 0 Å². The van der Waals surface area contributed by atoms with E-state index in [1.165, 1.54) is 0 Å². The molecule has 554 valence electrons. The van der Waals surface area contributed by atoms with Gasteiger partial charge in [0.05, 0.1) is 50.8 Å². The van der Waals surface area contributed by atoms with E-state index in [9.17, 15) is 44.4 Å². The van der Waals surface area contributed by atoms with Crippen LogP contribution in [0.3, 0.4) is 0 Å². The lowest BCUT2D eigenvalue weighted by Crippen LogP contribution is -2.47. The van der Waals surface area contributed by atoms with Crippen LogP contribution in [0, 0.1) is 23.7 Å². The number of hydrogen-bond acceptors (Lipinski definition) is 20. The second kappa shape index (κ2) is 61.8. The molecule has 94 heavy (non-hydrogen) atoms. The number of hydrogen-bond donors (Lipinski definition) is 4. The minimum absolute atomic E-state index is 0.120. The Balaban J connectivity index is 2.48. The van der Waals surface area contributed by atoms with Gasteiger partial charge in [-0.25, -0.2) is 0 Å². The highest BCUT2D eigenvalue weighted by Crippen LogP contribution is 2.24. The molecular formula is C74H142N4O14S2. The van der Waals surface area contributed by atoms with E-state index >= 15 is 0 Å². The normalized spacial score (nSPS) is 14.6. The molecule has 4 unspecified atom stereocenters. The minimum atomic E-state index is -0.569. The summed E-state index contributed by atoms with van der Waals surface area (Å²) in [4.78, 5) is 70.7. The van der Waals surface area contributed by atoms with E-state index in [0.717, 1.165) is 205 Å². The van der Waals surface area contributed by atoms with Gasteiger partial charge in [-0.15, -0.1) is 0 Å². The zero-order valence-electron chi connectivity index (χ0n) is 61.1. The molecule has 0 spiro atoms. The average Bonchev–Trinajstić information content (AvgIpc) is 3.11. The summed E-state index contributed by atoms with van der Waals surface area (Å²) in [5.41, 5.74) is 0. The highest BCUT2D eigenvalue weighted by molar-refractivity contribution is 8.76. The zero-order valence-corrected chi connectivity index (χ0v) is 62.7. The summed E-state index contributed by atoms with van der Waals surface area (Å²) in [6.07, 6.45) is 25.0. The van der Waals surface area contributed by atoms with Crippen LogP contribution in [-0.2, 0) is 47.7 Å². The summed E-state index contributed by atoms with van der Waals surface area (Å²) in [7, 11) is 3.84. The lowest BCUT2D eigenvalue weighted by molar-refractivity contribution is -0.146. The van der Waals surface area contributed by atoms with E-state index in [1.54, 1.807) is 0 Å². The Hall–Kier alpha value is -2.27. The Morgan fingerprint density at radius 2 is 0.670 bits per heavy atom. The third kappa shape index (κ3) is 55.6. The number of carbonyl (C=O) groups excluding carboxylic acids is 5. The molecule has 0 aliphatic carbocycles. The molecule has 4 atom stereocenters. The molecular weight excluding hydrogens is 1230 g/mol. The Labute approximate surface area is 581 Å². The molecule has 0 radical (unpaired) electrons. The third-order valence-corrected chi connectivity index (χ3v) is 20.7. The van der Waals surface area contributed by atoms with Gasteiger partial charge in [-0.2, -0.15) is 0 Å². The molecule has 0 aromatic heterocycles. The van der Waals surface area contributed by atoms with Crippen molar-refractivity contribution in [2.24, 2.45) is 23.7 Å². The molecule has 1 aliphatic rings. The van der Waals surface area contributed by atoms with Gasteiger partial charge in [0.1, 0.15) is 6.61 Å². The molecule has 1 saturated heterocycles. The lowest BCUT2D eigenvalue weighted by atomic mass is 10.1. The van der Waals surface area contributed by atoms with Crippen molar-refractivity contribution in [2.75, 3.05) is 123 Å². The number of nitrogens with zero attached hydrogens (tertiary/aromatic N) is 4. The number of aliphatic hydroxyl groups is 4. The van der Waals surface area contributed by atoms with Crippen LogP contribution >= 0.6 is 21.6 Å². The Morgan fingerprint density at radius 1 is 0.362 bits per heavy atom. The van der Waals surface area contributed by atoms with Crippen molar-refractivity contribution in [3.63, 3.8) is 0 Å². The molecule has 1 aliphatic heterocycles. The fourth-order valence-electron chi connectivity index (χ4n) is 11.5. The second-order valence-electron chi connectivity index (χ2n) is 27.8. The van der Waals surface area contributed by atoms with Crippen molar-refractivity contribution in [2.45, 2.75) is 298 Å². The second-order valence-corrected chi connectivity index (χ2v) is 30.5. The van der Waals surface area contributed by atoms with Crippen molar-refractivity contribution in [1.29, 1.82) is 0 Å². The van der Waals surface area contributed by atoms with Crippen LogP contribution in [0.5, 0.6) is 0 Å². The van der Waals surface area contributed by atoms with E-state index < -0.39 is 24.4 Å². The highest BCUT2D eigenvalue weighted by atomic mass is 33.1. The van der Waals surface area contributed by atoms with Gasteiger partial charge in [0.15, 0.2) is 0 Å². The number of esters is 5. The highest BCUT2D eigenvalue weighted by Gasteiger charge is 2.21. The van der Waals surface area contributed by atoms with Gasteiger partial charge in [0.25, 0.3) is 0 Å². The summed E-state index contributed by atoms with van der Waals surface area (Å²) in [6, 6.07) is 0. The van der Waals surface area contributed by atoms with Crippen LogP contribution in [-0.4, -0.2) is 217 Å². The number of unbranched alkanes of at least 4 members (excludes halogenated alkanes) is 13. The topological polar surface area (TPSA) is 225 Å². The summed E-state index contributed by atoms with van der Waals surface area (Å²) in [5.74, 6) is 3.22. The first kappa shape index (κ1) is 89.7. The first-order valence-electron chi connectivity index (χ1n) is 38.0. The molecule has 0 bridgehead atoms. The van der Waals surface area contributed by atoms with Crippen molar-refractivity contribution in [1.82, 2.24) is 19.6 Å². The SMILES string of the molecule is CCC(CC)COC(=O)CCCCCCC(O)CN(CCCC(=O)OCCN1CCN(CCSSCCCCN(CC(O)CCCCCCC(=O)OCCC(C)C)CC(O)CCCCCCC(=O)OCCC(C)C)CC1)CC(O)CCCCCCC(=O)OCC(CC)CC. The lowest BCUT2D eigenvalue weighted by Gasteiger charge is -2.34. The number of aliphatic hydroxyl groups excluding tert-OH is 4. The summed E-state index contributed by atoms with van der Waals surface area (Å²) in [5, 5.41) is 44.4. The van der Waals surface area contributed by atoms with Crippen LogP contribution in [0.25, 0.3) is 0 Å². The Kier molecular flexibility index (Phi) is 59.0. The van der Waals surface area contributed by atoms with Crippen molar-refractivity contribution in [3.05, 3.63) is 0 Å². The van der Waals surface area contributed by atoms with E-state index in [0.29, 0.717) is 154 Å². The summed E-state index contributed by atoms with van der Waals surface area (Å²) < 4.78 is 27.3. The third-order valence-electron chi connectivity index (χ3n) is 18.3. The molecule has 1 fully saturated rings. The van der Waals surface area contributed by atoms with Gasteiger partial charge >= 0.3 is 29.8 Å². The molecule has 0 amide bonds. The van der Waals surface area contributed by atoms with Crippen LogP contribution in [0.4, 0.5) is 0 Å². The van der Waals surface area contributed by atoms with E-state index in [2.05, 4.69) is 75.0 Å². The molecule has 1 rings (SSSR count). The summed E-state index contributed by atoms with van der Waals surface area (Å²) >= 11 is 0. The number of ether oxygens (including phenoxy) is 5. The number of rotatable bonds is 66.